The van der Waals surface area contributed by atoms with E-state index in [1.165, 1.54) is 4.90 Å². The Hall–Kier alpha value is -3.85. The SMILES string of the molecule is Cc1ccc(NC(=O)NCc2ccc3cc4n(c3c2)C(=O)N(C2CCC(=O)NC2=O)C4)cc1Cl. The van der Waals surface area contributed by atoms with Gasteiger partial charge in [-0.15, -0.1) is 0 Å². The second-order valence-corrected chi connectivity index (χ2v) is 8.92. The van der Waals surface area contributed by atoms with E-state index < -0.39 is 11.9 Å². The number of rotatable bonds is 4. The first-order valence-corrected chi connectivity index (χ1v) is 11.3. The number of carbonyl (C=O) groups excluding carboxylic acids is 4. The fourth-order valence-electron chi connectivity index (χ4n) is 4.38. The first-order chi connectivity index (χ1) is 16.3. The minimum absolute atomic E-state index is 0.211. The maximum absolute atomic E-state index is 13.2. The summed E-state index contributed by atoms with van der Waals surface area (Å²) in [5.41, 5.74) is 3.82. The van der Waals surface area contributed by atoms with Crippen LogP contribution < -0.4 is 16.0 Å². The van der Waals surface area contributed by atoms with Crippen LogP contribution >= 0.6 is 11.6 Å². The van der Waals surface area contributed by atoms with Crippen LogP contribution in [0.25, 0.3) is 10.9 Å². The lowest BCUT2D eigenvalue weighted by atomic mass is 10.0. The Morgan fingerprint density at radius 1 is 1.15 bits per heavy atom. The quantitative estimate of drug-likeness (QED) is 0.497. The second-order valence-electron chi connectivity index (χ2n) is 8.51. The molecule has 0 radical (unpaired) electrons. The molecule has 5 rings (SSSR count). The number of aryl methyl sites for hydroxylation is 1. The topological polar surface area (TPSA) is 113 Å². The maximum atomic E-state index is 13.2. The summed E-state index contributed by atoms with van der Waals surface area (Å²) in [5, 5.41) is 9.33. The fourth-order valence-corrected chi connectivity index (χ4v) is 4.56. The van der Waals surface area contributed by atoms with Crippen LogP contribution in [0.3, 0.4) is 0 Å². The van der Waals surface area contributed by atoms with Gasteiger partial charge >= 0.3 is 12.1 Å². The van der Waals surface area contributed by atoms with Crippen LogP contribution in [0.5, 0.6) is 0 Å². The van der Waals surface area contributed by atoms with E-state index in [4.69, 9.17) is 11.6 Å². The molecule has 0 aliphatic carbocycles. The number of piperidine rings is 1. The number of nitrogens with zero attached hydrogens (tertiary/aromatic N) is 2. The summed E-state index contributed by atoms with van der Waals surface area (Å²) in [6, 6.07) is 11.5. The Labute approximate surface area is 200 Å². The zero-order chi connectivity index (χ0) is 24.0. The highest BCUT2D eigenvalue weighted by Gasteiger charge is 2.39. The number of carbonyl (C=O) groups is 4. The Bertz CT molecular complexity index is 1360. The highest BCUT2D eigenvalue weighted by molar-refractivity contribution is 6.31. The standard InChI is InChI=1S/C24H22ClN5O4/c1-13-2-5-16(10-18(13)25)27-23(33)26-11-14-3-4-15-9-17-12-29(24(34)30(17)20(15)8-14)19-6-7-21(31)28-22(19)32/h2-5,8-10,19H,6-7,11-12H2,1H3,(H2,26,27,33)(H,28,31,32). The van der Waals surface area contributed by atoms with Crippen LogP contribution in [0.15, 0.2) is 42.5 Å². The number of benzene rings is 2. The molecule has 2 aliphatic rings. The molecule has 3 heterocycles. The lowest BCUT2D eigenvalue weighted by Gasteiger charge is -2.28. The zero-order valence-corrected chi connectivity index (χ0v) is 19.1. The molecule has 0 saturated carbocycles. The number of imide groups is 1. The highest BCUT2D eigenvalue weighted by atomic mass is 35.5. The molecule has 34 heavy (non-hydrogen) atoms. The van der Waals surface area contributed by atoms with Crippen molar-refractivity contribution >= 4 is 52.1 Å². The van der Waals surface area contributed by atoms with Crippen molar-refractivity contribution in [3.63, 3.8) is 0 Å². The molecule has 9 nitrogen and oxygen atoms in total. The first-order valence-electron chi connectivity index (χ1n) is 10.9. The summed E-state index contributed by atoms with van der Waals surface area (Å²) in [4.78, 5) is 50.7. The molecular formula is C24H22ClN5O4. The van der Waals surface area contributed by atoms with Crippen LogP contribution in [0.1, 0.15) is 29.7 Å². The van der Waals surface area contributed by atoms with E-state index in [9.17, 15) is 19.2 Å². The van der Waals surface area contributed by atoms with Gasteiger partial charge < -0.3 is 15.5 Å². The van der Waals surface area contributed by atoms with Gasteiger partial charge in [0.15, 0.2) is 0 Å². The third kappa shape index (κ3) is 3.99. The van der Waals surface area contributed by atoms with Crippen molar-refractivity contribution in [2.24, 2.45) is 0 Å². The molecule has 1 saturated heterocycles. The van der Waals surface area contributed by atoms with Crippen molar-refractivity contribution in [2.45, 2.75) is 38.9 Å². The van der Waals surface area contributed by atoms with E-state index >= 15 is 0 Å². The van der Waals surface area contributed by atoms with Crippen LogP contribution in [0, 0.1) is 6.92 Å². The summed E-state index contributed by atoms with van der Waals surface area (Å²) in [7, 11) is 0. The molecule has 2 aliphatic heterocycles. The van der Waals surface area contributed by atoms with Gasteiger partial charge in [-0.05, 0) is 48.7 Å². The Morgan fingerprint density at radius 2 is 1.97 bits per heavy atom. The van der Waals surface area contributed by atoms with Crippen LogP contribution in [-0.4, -0.2) is 39.4 Å². The Morgan fingerprint density at radius 3 is 2.74 bits per heavy atom. The smallest absolute Gasteiger partial charge is 0.329 e. The van der Waals surface area contributed by atoms with Gasteiger partial charge in [-0.2, -0.15) is 0 Å². The summed E-state index contributed by atoms with van der Waals surface area (Å²) >= 11 is 6.11. The summed E-state index contributed by atoms with van der Waals surface area (Å²) in [6.07, 6.45) is 0.526. The van der Waals surface area contributed by atoms with E-state index in [2.05, 4.69) is 16.0 Å². The van der Waals surface area contributed by atoms with Crippen LogP contribution in [-0.2, 0) is 22.7 Å². The Kier molecular flexibility index (Phi) is 5.49. The molecular weight excluding hydrogens is 458 g/mol. The van der Waals surface area contributed by atoms with Crippen LogP contribution in [0.2, 0.25) is 5.02 Å². The van der Waals surface area contributed by atoms with E-state index in [0.29, 0.717) is 29.2 Å². The van der Waals surface area contributed by atoms with E-state index in [1.54, 1.807) is 16.7 Å². The number of nitrogens with one attached hydrogen (secondary N) is 3. The molecule has 0 bridgehead atoms. The predicted octanol–water partition coefficient (Wildman–Crippen LogP) is 3.51. The van der Waals surface area contributed by atoms with E-state index in [0.717, 1.165) is 22.2 Å². The van der Waals surface area contributed by atoms with Crippen molar-refractivity contribution in [2.75, 3.05) is 5.32 Å². The number of aromatic nitrogens is 1. The first kappa shape index (κ1) is 22.0. The van der Waals surface area contributed by atoms with Crippen molar-refractivity contribution in [1.82, 2.24) is 20.1 Å². The van der Waals surface area contributed by atoms with Crippen molar-refractivity contribution < 1.29 is 19.2 Å². The normalized spacial score (nSPS) is 17.6. The molecule has 10 heteroatoms. The number of hydrogen-bond donors (Lipinski definition) is 3. The molecule has 3 N–H and O–H groups in total. The van der Waals surface area contributed by atoms with Gasteiger partial charge in [-0.25, -0.2) is 9.59 Å². The van der Waals surface area contributed by atoms with Gasteiger partial charge in [0.05, 0.1) is 12.1 Å². The van der Waals surface area contributed by atoms with Crippen molar-refractivity contribution in [3.8, 4) is 0 Å². The minimum Gasteiger partial charge on any atom is -0.334 e. The lowest BCUT2D eigenvalue weighted by Crippen LogP contribution is -2.52. The molecule has 1 fully saturated rings. The van der Waals surface area contributed by atoms with Gasteiger partial charge in [0.25, 0.3) is 0 Å². The third-order valence-electron chi connectivity index (χ3n) is 6.18. The largest absolute Gasteiger partial charge is 0.334 e. The van der Waals surface area contributed by atoms with Gasteiger partial charge in [0.2, 0.25) is 11.8 Å². The number of urea groups is 1. The molecule has 0 spiro atoms. The zero-order valence-electron chi connectivity index (χ0n) is 18.4. The molecule has 174 valence electrons. The maximum Gasteiger partial charge on any atom is 0.329 e. The number of anilines is 1. The van der Waals surface area contributed by atoms with Gasteiger partial charge in [-0.1, -0.05) is 29.8 Å². The third-order valence-corrected chi connectivity index (χ3v) is 6.59. The molecule has 3 aromatic rings. The van der Waals surface area contributed by atoms with E-state index in [1.807, 2.05) is 37.3 Å². The molecule has 1 aromatic heterocycles. The lowest BCUT2D eigenvalue weighted by molar-refractivity contribution is -0.136. The second kappa shape index (κ2) is 8.49. The van der Waals surface area contributed by atoms with Gasteiger partial charge in [-0.3, -0.25) is 19.5 Å². The number of amides is 5. The molecule has 5 amide bonds. The van der Waals surface area contributed by atoms with Gasteiger partial charge in [0.1, 0.15) is 6.04 Å². The fraction of sp³-hybridized carbons (Fsp3) is 0.250. The predicted molar refractivity (Wildman–Crippen MR) is 126 cm³/mol. The number of hydrogen-bond acceptors (Lipinski definition) is 4. The Balaban J connectivity index is 1.29. The molecule has 2 aromatic carbocycles. The van der Waals surface area contributed by atoms with Crippen LogP contribution in [0.4, 0.5) is 15.3 Å². The average Bonchev–Trinajstić information content (AvgIpc) is 3.31. The minimum atomic E-state index is -0.663. The van der Waals surface area contributed by atoms with Crippen molar-refractivity contribution in [1.29, 1.82) is 0 Å². The summed E-state index contributed by atoms with van der Waals surface area (Å²) < 4.78 is 1.59. The van der Waals surface area contributed by atoms with Gasteiger partial charge in [0, 0.05) is 34.8 Å². The summed E-state index contributed by atoms with van der Waals surface area (Å²) in [5.74, 6) is -0.755. The van der Waals surface area contributed by atoms with E-state index in [-0.39, 0.29) is 30.9 Å². The summed E-state index contributed by atoms with van der Waals surface area (Å²) in [6.45, 7) is 2.44. The number of halogens is 1. The monoisotopic (exact) mass is 479 g/mol. The molecule has 1 unspecified atom stereocenters. The highest BCUT2D eigenvalue weighted by Crippen LogP contribution is 2.30. The number of fused-ring (bicyclic) bond motifs is 3. The average molecular weight is 480 g/mol. The van der Waals surface area contributed by atoms with Crippen molar-refractivity contribution in [3.05, 3.63) is 64.3 Å². The molecule has 1 atom stereocenters.